The maximum Gasteiger partial charge on any atom is 0.176 e. The molecule has 13 heavy (non-hydrogen) atoms. The molecule has 0 bridgehead atoms. The van der Waals surface area contributed by atoms with Gasteiger partial charge < -0.3 is 5.73 Å². The fourth-order valence-electron chi connectivity index (χ4n) is 1.01. The summed E-state index contributed by atoms with van der Waals surface area (Å²) in [5.74, 6) is 0.249. The molecule has 0 aliphatic rings. The molecule has 0 aliphatic carbocycles. The second-order valence-electron chi connectivity index (χ2n) is 2.40. The lowest BCUT2D eigenvalue weighted by Gasteiger charge is -1.98. The Kier molecular flexibility index (Phi) is 1.57. The fraction of sp³-hybridized carbons (Fsp3) is 0. The van der Waals surface area contributed by atoms with E-state index in [1.54, 1.807) is 0 Å². The number of nitriles is 1. The summed E-state index contributed by atoms with van der Waals surface area (Å²) in [7, 11) is 0. The predicted molar refractivity (Wildman–Crippen MR) is 47.1 cm³/mol. The number of fused-ring (bicyclic) bond motifs is 1. The summed E-state index contributed by atoms with van der Waals surface area (Å²) in [6, 6.07) is 1.91. The molecule has 0 amide bonds. The fourth-order valence-corrected chi connectivity index (χ4v) is 1.18. The molecule has 0 saturated carbocycles. The number of rotatable bonds is 0. The van der Waals surface area contributed by atoms with Crippen LogP contribution in [0.1, 0.15) is 5.56 Å². The zero-order valence-electron chi connectivity index (χ0n) is 6.40. The molecule has 64 valence electrons. The van der Waals surface area contributed by atoms with Crippen molar-refractivity contribution in [3.63, 3.8) is 0 Å². The standard InChI is InChI=1S/C7H4ClN5/c8-5-3-12-13-6(10)4(1-9)2-11-7(5)13/h2-3H,10H2. The van der Waals surface area contributed by atoms with E-state index < -0.39 is 0 Å². The van der Waals surface area contributed by atoms with Gasteiger partial charge in [0.1, 0.15) is 22.5 Å². The van der Waals surface area contributed by atoms with Gasteiger partial charge in [-0.05, 0) is 0 Å². The van der Waals surface area contributed by atoms with Crippen LogP contribution >= 0.6 is 11.6 Å². The third-order valence-corrected chi connectivity index (χ3v) is 1.91. The van der Waals surface area contributed by atoms with Crippen molar-refractivity contribution in [1.29, 1.82) is 5.26 Å². The van der Waals surface area contributed by atoms with Gasteiger partial charge in [-0.2, -0.15) is 14.9 Å². The Balaban J connectivity index is 2.90. The average Bonchev–Trinajstić information content (AvgIpc) is 2.50. The van der Waals surface area contributed by atoms with Gasteiger partial charge in [0, 0.05) is 0 Å². The highest BCUT2D eigenvalue weighted by atomic mass is 35.5. The van der Waals surface area contributed by atoms with Crippen LogP contribution in [-0.2, 0) is 0 Å². The van der Waals surface area contributed by atoms with E-state index in [0.29, 0.717) is 10.7 Å². The van der Waals surface area contributed by atoms with Crippen LogP contribution in [-0.4, -0.2) is 14.6 Å². The van der Waals surface area contributed by atoms with E-state index in [-0.39, 0.29) is 11.4 Å². The summed E-state index contributed by atoms with van der Waals surface area (Å²) in [5, 5.41) is 12.9. The van der Waals surface area contributed by atoms with Crippen LogP contribution in [0, 0.1) is 11.3 Å². The Morgan fingerprint density at radius 1 is 1.54 bits per heavy atom. The Morgan fingerprint density at radius 3 is 3.00 bits per heavy atom. The number of anilines is 1. The number of hydrogen-bond donors (Lipinski definition) is 1. The molecule has 0 fully saturated rings. The lowest BCUT2D eigenvalue weighted by Crippen LogP contribution is -2.02. The van der Waals surface area contributed by atoms with Crippen LogP contribution in [0.4, 0.5) is 5.82 Å². The molecule has 0 aliphatic heterocycles. The van der Waals surface area contributed by atoms with Gasteiger partial charge in [-0.1, -0.05) is 11.6 Å². The smallest absolute Gasteiger partial charge is 0.176 e. The van der Waals surface area contributed by atoms with E-state index >= 15 is 0 Å². The second-order valence-corrected chi connectivity index (χ2v) is 2.80. The number of halogens is 1. The molecule has 2 aromatic heterocycles. The first-order chi connectivity index (χ1) is 6.24. The second kappa shape index (κ2) is 2.61. The van der Waals surface area contributed by atoms with Gasteiger partial charge >= 0.3 is 0 Å². The van der Waals surface area contributed by atoms with E-state index in [0.717, 1.165) is 0 Å². The first kappa shape index (κ1) is 7.83. The molecule has 6 heteroatoms. The van der Waals surface area contributed by atoms with Crippen molar-refractivity contribution in [2.75, 3.05) is 5.73 Å². The topological polar surface area (TPSA) is 80.0 Å². The van der Waals surface area contributed by atoms with Gasteiger partial charge in [-0.15, -0.1) is 0 Å². The first-order valence-corrected chi connectivity index (χ1v) is 3.79. The molecule has 2 rings (SSSR count). The molecule has 0 unspecified atom stereocenters. The number of aromatic nitrogens is 3. The number of nitrogens with zero attached hydrogens (tertiary/aromatic N) is 4. The molecule has 2 aromatic rings. The summed E-state index contributed by atoms with van der Waals surface area (Å²) < 4.78 is 1.33. The number of nitrogens with two attached hydrogens (primary N) is 1. The molecule has 0 aromatic carbocycles. The predicted octanol–water partition coefficient (Wildman–Crippen LogP) is 0.837. The van der Waals surface area contributed by atoms with Crippen molar-refractivity contribution in [2.45, 2.75) is 0 Å². The summed E-state index contributed by atoms with van der Waals surface area (Å²) >= 11 is 5.76. The van der Waals surface area contributed by atoms with Crippen molar-refractivity contribution < 1.29 is 0 Å². The third-order valence-electron chi connectivity index (χ3n) is 1.64. The van der Waals surface area contributed by atoms with Gasteiger partial charge in [0.15, 0.2) is 5.65 Å². The molecule has 2 N–H and O–H groups in total. The van der Waals surface area contributed by atoms with Crippen molar-refractivity contribution in [3.05, 3.63) is 23.0 Å². The lowest BCUT2D eigenvalue weighted by atomic mass is 10.3. The average molecular weight is 194 g/mol. The SMILES string of the molecule is N#Cc1cnc2c(Cl)cnn2c1N. The highest BCUT2D eigenvalue weighted by Crippen LogP contribution is 2.18. The molecule has 0 atom stereocenters. The van der Waals surface area contributed by atoms with Gasteiger partial charge in [-0.3, -0.25) is 0 Å². The van der Waals surface area contributed by atoms with Crippen molar-refractivity contribution >= 4 is 23.1 Å². The van der Waals surface area contributed by atoms with Crippen molar-refractivity contribution in [1.82, 2.24) is 14.6 Å². The summed E-state index contributed by atoms with van der Waals surface area (Å²) in [4.78, 5) is 3.94. The third kappa shape index (κ3) is 0.999. The molecular formula is C7H4ClN5. The summed E-state index contributed by atoms with van der Waals surface area (Å²) in [5.41, 5.74) is 6.36. The normalized spacial score (nSPS) is 10.2. The van der Waals surface area contributed by atoms with Crippen LogP contribution in [0.2, 0.25) is 5.02 Å². The van der Waals surface area contributed by atoms with E-state index in [2.05, 4.69) is 10.1 Å². The monoisotopic (exact) mass is 193 g/mol. The van der Waals surface area contributed by atoms with E-state index in [9.17, 15) is 0 Å². The van der Waals surface area contributed by atoms with Crippen molar-refractivity contribution in [2.24, 2.45) is 0 Å². The largest absolute Gasteiger partial charge is 0.382 e. The minimum absolute atomic E-state index is 0.249. The maximum absolute atomic E-state index is 8.64. The highest BCUT2D eigenvalue weighted by molar-refractivity contribution is 6.33. The van der Waals surface area contributed by atoms with Crippen molar-refractivity contribution in [3.8, 4) is 6.07 Å². The van der Waals surface area contributed by atoms with Gasteiger partial charge in [0.25, 0.3) is 0 Å². The molecule has 2 heterocycles. The van der Waals surface area contributed by atoms with Crippen LogP contribution < -0.4 is 5.73 Å². The van der Waals surface area contributed by atoms with Crippen LogP contribution in [0.15, 0.2) is 12.4 Å². The Bertz CT molecular complexity index is 509. The van der Waals surface area contributed by atoms with Gasteiger partial charge in [0.2, 0.25) is 0 Å². The van der Waals surface area contributed by atoms with Gasteiger partial charge in [0.05, 0.1) is 12.4 Å². The van der Waals surface area contributed by atoms with Gasteiger partial charge in [-0.25, -0.2) is 4.98 Å². The summed E-state index contributed by atoms with van der Waals surface area (Å²) in [6.07, 6.45) is 2.81. The van der Waals surface area contributed by atoms with Crippen LogP contribution in [0.3, 0.4) is 0 Å². The molecule has 0 radical (unpaired) electrons. The highest BCUT2D eigenvalue weighted by Gasteiger charge is 2.08. The van der Waals surface area contributed by atoms with E-state index in [4.69, 9.17) is 22.6 Å². The van der Waals surface area contributed by atoms with E-state index in [1.807, 2.05) is 6.07 Å². The van der Waals surface area contributed by atoms with E-state index in [1.165, 1.54) is 16.9 Å². The van der Waals surface area contributed by atoms with Crippen LogP contribution in [0.25, 0.3) is 5.65 Å². The lowest BCUT2D eigenvalue weighted by molar-refractivity contribution is 0.948. The Hall–Kier alpha value is -1.80. The Morgan fingerprint density at radius 2 is 2.31 bits per heavy atom. The molecule has 5 nitrogen and oxygen atoms in total. The number of nitrogen functional groups attached to an aromatic ring is 1. The summed E-state index contributed by atoms with van der Waals surface area (Å²) in [6.45, 7) is 0. The van der Waals surface area contributed by atoms with Crippen LogP contribution in [0.5, 0.6) is 0 Å². The minimum atomic E-state index is 0.249. The Labute approximate surface area is 78.4 Å². The number of hydrogen-bond acceptors (Lipinski definition) is 4. The first-order valence-electron chi connectivity index (χ1n) is 3.42. The molecule has 0 saturated heterocycles. The zero-order chi connectivity index (χ0) is 9.42. The molecular weight excluding hydrogens is 190 g/mol. The zero-order valence-corrected chi connectivity index (χ0v) is 7.15. The molecule has 0 spiro atoms. The maximum atomic E-state index is 8.64. The quantitative estimate of drug-likeness (QED) is 0.672. The minimum Gasteiger partial charge on any atom is -0.382 e.